The van der Waals surface area contributed by atoms with Gasteiger partial charge >= 0.3 is 0 Å². The summed E-state index contributed by atoms with van der Waals surface area (Å²) in [5, 5.41) is 6.89. The van der Waals surface area contributed by atoms with Crippen molar-refractivity contribution in [3.05, 3.63) is 29.3 Å². The van der Waals surface area contributed by atoms with Crippen LogP contribution in [0.1, 0.15) is 24.0 Å². The quantitative estimate of drug-likeness (QED) is 0.759. The molecule has 1 aliphatic rings. The number of ether oxygens (including phenoxy) is 1. The largest absolute Gasteiger partial charge is 0.384 e. The van der Waals surface area contributed by atoms with E-state index >= 15 is 0 Å². The van der Waals surface area contributed by atoms with Crippen LogP contribution < -0.4 is 10.6 Å². The second-order valence-corrected chi connectivity index (χ2v) is 5.14. The van der Waals surface area contributed by atoms with E-state index in [-0.39, 0.29) is 0 Å². The SMILES string of the molecule is Cc1cc(C)cc(NCCNCC2CCCO2)c1. The van der Waals surface area contributed by atoms with Gasteiger partial charge in [0.05, 0.1) is 6.10 Å². The van der Waals surface area contributed by atoms with Gasteiger partial charge in [-0.1, -0.05) is 6.07 Å². The number of anilines is 1. The third kappa shape index (κ3) is 4.31. The van der Waals surface area contributed by atoms with Crippen molar-refractivity contribution in [3.8, 4) is 0 Å². The molecule has 1 heterocycles. The Kier molecular flexibility index (Phi) is 5.02. The summed E-state index contributed by atoms with van der Waals surface area (Å²) in [4.78, 5) is 0. The van der Waals surface area contributed by atoms with Crippen molar-refractivity contribution in [3.63, 3.8) is 0 Å². The lowest BCUT2D eigenvalue weighted by Gasteiger charge is -2.12. The van der Waals surface area contributed by atoms with Crippen molar-refractivity contribution in [2.75, 3.05) is 31.6 Å². The van der Waals surface area contributed by atoms with Crippen molar-refractivity contribution in [2.24, 2.45) is 0 Å². The maximum Gasteiger partial charge on any atom is 0.0700 e. The summed E-state index contributed by atoms with van der Waals surface area (Å²) < 4.78 is 5.57. The molecule has 1 aliphatic heterocycles. The predicted octanol–water partition coefficient (Wildman–Crippen LogP) is 2.48. The van der Waals surface area contributed by atoms with Crippen LogP contribution in [0.3, 0.4) is 0 Å². The Balaban J connectivity index is 1.62. The molecule has 3 heteroatoms. The first kappa shape index (κ1) is 13.4. The van der Waals surface area contributed by atoms with E-state index in [4.69, 9.17) is 4.74 Å². The smallest absolute Gasteiger partial charge is 0.0700 e. The minimum absolute atomic E-state index is 0.436. The van der Waals surface area contributed by atoms with E-state index in [0.29, 0.717) is 6.10 Å². The van der Waals surface area contributed by atoms with Gasteiger partial charge in [-0.25, -0.2) is 0 Å². The second-order valence-electron chi connectivity index (χ2n) is 5.14. The molecule has 0 bridgehead atoms. The maximum absolute atomic E-state index is 5.57. The van der Waals surface area contributed by atoms with Crippen LogP contribution in [-0.4, -0.2) is 32.3 Å². The molecule has 1 unspecified atom stereocenters. The van der Waals surface area contributed by atoms with Crippen LogP contribution in [0.2, 0.25) is 0 Å². The third-order valence-electron chi connectivity index (χ3n) is 3.25. The van der Waals surface area contributed by atoms with Gasteiger partial charge in [-0.2, -0.15) is 0 Å². The summed E-state index contributed by atoms with van der Waals surface area (Å²) in [6.45, 7) is 8.12. The number of hydrogen-bond acceptors (Lipinski definition) is 3. The van der Waals surface area contributed by atoms with Gasteiger partial charge in [0.1, 0.15) is 0 Å². The van der Waals surface area contributed by atoms with E-state index in [9.17, 15) is 0 Å². The molecule has 1 atom stereocenters. The minimum atomic E-state index is 0.436. The van der Waals surface area contributed by atoms with Crippen LogP contribution in [0.4, 0.5) is 5.69 Å². The van der Waals surface area contributed by atoms with Crippen LogP contribution in [0.15, 0.2) is 18.2 Å². The van der Waals surface area contributed by atoms with E-state index < -0.39 is 0 Å². The summed E-state index contributed by atoms with van der Waals surface area (Å²) in [6, 6.07) is 6.57. The first-order valence-corrected chi connectivity index (χ1v) is 6.88. The summed E-state index contributed by atoms with van der Waals surface area (Å²) in [5.74, 6) is 0. The number of aryl methyl sites for hydroxylation is 2. The van der Waals surface area contributed by atoms with Crippen molar-refractivity contribution >= 4 is 5.69 Å². The molecule has 0 radical (unpaired) electrons. The highest BCUT2D eigenvalue weighted by molar-refractivity contribution is 5.48. The van der Waals surface area contributed by atoms with Crippen molar-refractivity contribution < 1.29 is 4.74 Å². The fourth-order valence-electron chi connectivity index (χ4n) is 2.44. The van der Waals surface area contributed by atoms with Gasteiger partial charge in [0.15, 0.2) is 0 Å². The number of hydrogen-bond donors (Lipinski definition) is 2. The Labute approximate surface area is 110 Å². The summed E-state index contributed by atoms with van der Waals surface area (Å²) in [5.41, 5.74) is 3.83. The van der Waals surface area contributed by atoms with Gasteiger partial charge in [-0.15, -0.1) is 0 Å². The predicted molar refractivity (Wildman–Crippen MR) is 76.2 cm³/mol. The monoisotopic (exact) mass is 248 g/mol. The molecule has 1 saturated heterocycles. The Hall–Kier alpha value is -1.06. The van der Waals surface area contributed by atoms with Crippen LogP contribution in [0.25, 0.3) is 0 Å². The molecule has 0 aromatic heterocycles. The van der Waals surface area contributed by atoms with Crippen LogP contribution >= 0.6 is 0 Å². The first-order valence-electron chi connectivity index (χ1n) is 6.88. The van der Waals surface area contributed by atoms with Crippen LogP contribution in [0.5, 0.6) is 0 Å². The summed E-state index contributed by atoms with van der Waals surface area (Å²) in [7, 11) is 0. The molecule has 100 valence electrons. The van der Waals surface area contributed by atoms with E-state index in [1.165, 1.54) is 29.7 Å². The lowest BCUT2D eigenvalue weighted by atomic mass is 10.1. The highest BCUT2D eigenvalue weighted by Gasteiger charge is 2.13. The molecular formula is C15H24N2O. The van der Waals surface area contributed by atoms with Gasteiger partial charge < -0.3 is 15.4 Å². The molecule has 18 heavy (non-hydrogen) atoms. The Morgan fingerprint density at radius 3 is 2.61 bits per heavy atom. The number of rotatable bonds is 6. The lowest BCUT2D eigenvalue weighted by Crippen LogP contribution is -2.30. The topological polar surface area (TPSA) is 33.3 Å². The average molecular weight is 248 g/mol. The Morgan fingerprint density at radius 1 is 1.17 bits per heavy atom. The van der Waals surface area contributed by atoms with Crippen LogP contribution in [-0.2, 0) is 4.74 Å². The molecule has 0 amide bonds. The van der Waals surface area contributed by atoms with E-state index in [2.05, 4.69) is 42.7 Å². The molecule has 1 fully saturated rings. The van der Waals surface area contributed by atoms with Gasteiger partial charge in [0.2, 0.25) is 0 Å². The average Bonchev–Trinajstić information content (AvgIpc) is 2.80. The van der Waals surface area contributed by atoms with Crippen molar-refractivity contribution in [1.82, 2.24) is 5.32 Å². The zero-order chi connectivity index (χ0) is 12.8. The summed E-state index contributed by atoms with van der Waals surface area (Å²) >= 11 is 0. The molecule has 2 N–H and O–H groups in total. The number of nitrogens with one attached hydrogen (secondary N) is 2. The maximum atomic E-state index is 5.57. The van der Waals surface area contributed by atoms with Gasteiger partial charge in [-0.05, 0) is 49.9 Å². The fraction of sp³-hybridized carbons (Fsp3) is 0.600. The zero-order valence-electron chi connectivity index (χ0n) is 11.5. The van der Waals surface area contributed by atoms with E-state index in [0.717, 1.165) is 26.2 Å². The molecule has 1 aromatic carbocycles. The zero-order valence-corrected chi connectivity index (χ0v) is 11.5. The highest BCUT2D eigenvalue weighted by Crippen LogP contribution is 2.13. The van der Waals surface area contributed by atoms with Crippen molar-refractivity contribution in [2.45, 2.75) is 32.8 Å². The van der Waals surface area contributed by atoms with E-state index in [1.807, 2.05) is 0 Å². The summed E-state index contributed by atoms with van der Waals surface area (Å²) in [6.07, 6.45) is 2.86. The molecule has 0 saturated carbocycles. The molecular weight excluding hydrogens is 224 g/mol. The molecule has 3 nitrogen and oxygen atoms in total. The molecule has 2 rings (SSSR count). The van der Waals surface area contributed by atoms with Gasteiger partial charge in [0.25, 0.3) is 0 Å². The van der Waals surface area contributed by atoms with Crippen molar-refractivity contribution in [1.29, 1.82) is 0 Å². The van der Waals surface area contributed by atoms with Crippen LogP contribution in [0, 0.1) is 13.8 Å². The van der Waals surface area contributed by atoms with Gasteiger partial charge in [0, 0.05) is 31.9 Å². The van der Waals surface area contributed by atoms with Gasteiger partial charge in [-0.3, -0.25) is 0 Å². The normalized spacial score (nSPS) is 19.1. The molecule has 0 spiro atoms. The minimum Gasteiger partial charge on any atom is -0.384 e. The lowest BCUT2D eigenvalue weighted by molar-refractivity contribution is 0.110. The standard InChI is InChI=1S/C15H24N2O/c1-12-8-13(2)10-14(9-12)17-6-5-16-11-15-4-3-7-18-15/h8-10,15-17H,3-7,11H2,1-2H3. The third-order valence-corrected chi connectivity index (χ3v) is 3.25. The molecule has 1 aromatic rings. The number of benzene rings is 1. The highest BCUT2D eigenvalue weighted by atomic mass is 16.5. The first-order chi connectivity index (χ1) is 8.74. The Bertz CT molecular complexity index is 353. The molecule has 0 aliphatic carbocycles. The fourth-order valence-corrected chi connectivity index (χ4v) is 2.44. The second kappa shape index (κ2) is 6.76. The Morgan fingerprint density at radius 2 is 1.94 bits per heavy atom. The van der Waals surface area contributed by atoms with E-state index in [1.54, 1.807) is 0 Å².